The molecule has 0 saturated heterocycles. The van der Waals surface area contributed by atoms with Crippen molar-refractivity contribution < 1.29 is 77.9 Å². The van der Waals surface area contributed by atoms with E-state index in [9.17, 15) is 77.9 Å². The van der Waals surface area contributed by atoms with Gasteiger partial charge in [-0.2, -0.15) is 52.7 Å². The first-order valence-electron chi connectivity index (χ1n) is 7.41. The molecule has 0 aromatic heterocycles. The summed E-state index contributed by atoms with van der Waals surface area (Å²) in [6, 6.07) is 0. The van der Waals surface area contributed by atoms with Crippen LogP contribution in [0.3, 0.4) is 0 Å². The Labute approximate surface area is 177 Å². The molecule has 33 heavy (non-hydrogen) atoms. The van der Waals surface area contributed by atoms with Gasteiger partial charge in [0.05, 0.1) is 6.42 Å². The van der Waals surface area contributed by atoms with Crippen LogP contribution >= 0.6 is 0 Å². The summed E-state index contributed by atoms with van der Waals surface area (Å²) in [6.45, 7) is -3.31. The number of rotatable bonds is 12. The third kappa shape index (κ3) is 6.95. The monoisotopic (exact) mass is 581 g/mol. The van der Waals surface area contributed by atoms with Gasteiger partial charge in [0.25, 0.3) is 20.0 Å². The van der Waals surface area contributed by atoms with E-state index in [0.717, 1.165) is 0 Å². The molecule has 24 heteroatoms. The van der Waals surface area contributed by atoms with Crippen LogP contribution in [-0.4, -0.2) is 73.0 Å². The molecule has 0 amide bonds. The maximum atomic E-state index is 13.7. The molecule has 0 aromatic carbocycles. The fourth-order valence-corrected chi connectivity index (χ4v) is 4.97. The minimum absolute atomic E-state index is 0.551. The zero-order valence-electron chi connectivity index (χ0n) is 15.0. The number of halogens is 12. The quantitative estimate of drug-likeness (QED) is 0.231. The van der Waals surface area contributed by atoms with Crippen molar-refractivity contribution >= 4 is 30.1 Å². The molecule has 0 spiro atoms. The second kappa shape index (κ2) is 9.50. The zero-order valence-corrected chi connectivity index (χ0v) is 17.5. The number of hydrogen-bond acceptors (Lipinski definition) is 7. The van der Waals surface area contributed by atoms with Crippen molar-refractivity contribution in [3.8, 4) is 0 Å². The topological polar surface area (TPSA) is 139 Å². The highest BCUT2D eigenvalue weighted by atomic mass is 32.3. The Balaban J connectivity index is 5.72. The fraction of sp³-hybridized carbons (Fsp3) is 1.00. The van der Waals surface area contributed by atoms with E-state index in [4.69, 9.17) is 0 Å². The maximum absolute atomic E-state index is 13.7. The lowest BCUT2D eigenvalue weighted by molar-refractivity contribution is -0.244. The van der Waals surface area contributed by atoms with Crippen LogP contribution in [0.2, 0.25) is 0 Å². The minimum atomic E-state index is -7.88. The van der Waals surface area contributed by atoms with Gasteiger partial charge >= 0.3 is 38.1 Å². The van der Waals surface area contributed by atoms with Crippen molar-refractivity contribution in [3.05, 3.63) is 0 Å². The van der Waals surface area contributed by atoms with Crippen LogP contribution in [0.4, 0.5) is 52.7 Å². The van der Waals surface area contributed by atoms with Gasteiger partial charge in [0.15, 0.2) is 0 Å². The number of hydrogen-bond donors (Lipinski definition) is 3. The Bertz CT molecular complexity index is 1000. The standard InChI is InChI=1S/C9H11F12N3O6S3/c10-5(11,12)1-2-22-3-4-23-31(25,26)7(15,16)6(13,14)8(17,18)32(27,28)24-33(29,30)9(19,20)21/h22-24H,1-4H2. The van der Waals surface area contributed by atoms with Crippen molar-refractivity contribution in [2.75, 3.05) is 19.6 Å². The molecule has 0 saturated carbocycles. The summed E-state index contributed by atoms with van der Waals surface area (Å²) >= 11 is 0. The molecule has 0 bridgehead atoms. The van der Waals surface area contributed by atoms with Gasteiger partial charge in [-0.25, -0.2) is 30.0 Å². The van der Waals surface area contributed by atoms with Gasteiger partial charge in [-0.05, 0) is 0 Å². The Hall–Kier alpha value is -1.11. The van der Waals surface area contributed by atoms with Crippen molar-refractivity contribution in [2.45, 2.75) is 34.5 Å². The summed E-state index contributed by atoms with van der Waals surface area (Å²) in [6.07, 6.45) is -6.21. The molecule has 0 radical (unpaired) electrons. The average molecular weight is 581 g/mol. The summed E-state index contributed by atoms with van der Waals surface area (Å²) < 4.78 is 219. The van der Waals surface area contributed by atoms with Gasteiger partial charge in [-0.15, -0.1) is 0 Å². The SMILES string of the molecule is O=S(=O)(NS(=O)(=O)C(F)(F)C(F)(F)C(F)(F)S(=O)(=O)NCCNCCC(F)(F)F)C(F)(F)F. The molecule has 0 aliphatic rings. The normalized spacial score (nSPS) is 15.6. The minimum Gasteiger partial charge on any atom is -0.315 e. The van der Waals surface area contributed by atoms with E-state index in [1.165, 1.54) is 0 Å². The molecule has 200 valence electrons. The molecule has 0 aliphatic heterocycles. The van der Waals surface area contributed by atoms with Crippen LogP contribution in [-0.2, 0) is 30.1 Å². The molecule has 0 rings (SSSR count). The first-order chi connectivity index (χ1) is 14.2. The third-order valence-electron chi connectivity index (χ3n) is 3.11. The summed E-state index contributed by atoms with van der Waals surface area (Å²) in [5, 5.41) is -12.8. The first kappa shape index (κ1) is 31.9. The van der Waals surface area contributed by atoms with Crippen LogP contribution in [0.5, 0.6) is 0 Å². The van der Waals surface area contributed by atoms with E-state index >= 15 is 0 Å². The molecule has 0 heterocycles. The Kier molecular flexibility index (Phi) is 9.18. The van der Waals surface area contributed by atoms with E-state index in [-0.39, 0.29) is 0 Å². The lowest BCUT2D eigenvalue weighted by atomic mass is 10.3. The van der Waals surface area contributed by atoms with E-state index in [2.05, 4.69) is 0 Å². The molecule has 0 atom stereocenters. The molecular weight excluding hydrogens is 570 g/mol. The molecule has 0 fully saturated rings. The zero-order chi connectivity index (χ0) is 26.9. The van der Waals surface area contributed by atoms with Crippen molar-refractivity contribution in [3.63, 3.8) is 0 Å². The van der Waals surface area contributed by atoms with Crippen molar-refractivity contribution in [1.29, 1.82) is 0 Å². The lowest BCUT2D eigenvalue weighted by Crippen LogP contribution is -2.65. The van der Waals surface area contributed by atoms with Gasteiger partial charge in [0, 0.05) is 19.6 Å². The molecule has 0 aromatic rings. The Morgan fingerprint density at radius 1 is 0.545 bits per heavy atom. The summed E-state index contributed by atoms with van der Waals surface area (Å²) in [7, 11) is -22.2. The predicted octanol–water partition coefficient (Wildman–Crippen LogP) is 1.04. The highest BCUT2D eigenvalue weighted by Gasteiger charge is 2.82. The summed E-state index contributed by atoms with van der Waals surface area (Å²) in [5.41, 5.74) is -6.69. The first-order valence-corrected chi connectivity index (χ1v) is 11.9. The second-order valence-electron chi connectivity index (χ2n) is 5.66. The molecule has 0 unspecified atom stereocenters. The van der Waals surface area contributed by atoms with Gasteiger partial charge in [0.1, 0.15) is 0 Å². The Morgan fingerprint density at radius 3 is 1.36 bits per heavy atom. The van der Waals surface area contributed by atoms with Crippen LogP contribution in [0.1, 0.15) is 6.42 Å². The third-order valence-corrected chi connectivity index (χ3v) is 7.92. The van der Waals surface area contributed by atoms with Crippen molar-refractivity contribution in [2.24, 2.45) is 0 Å². The lowest BCUT2D eigenvalue weighted by Gasteiger charge is -2.31. The molecule has 3 N–H and O–H groups in total. The van der Waals surface area contributed by atoms with Gasteiger partial charge in [-0.1, -0.05) is 4.13 Å². The highest BCUT2D eigenvalue weighted by Crippen LogP contribution is 2.50. The smallest absolute Gasteiger partial charge is 0.315 e. The molecular formula is C9H11F12N3O6S3. The van der Waals surface area contributed by atoms with Crippen LogP contribution in [0.15, 0.2) is 0 Å². The van der Waals surface area contributed by atoms with Gasteiger partial charge in [0.2, 0.25) is 0 Å². The van der Waals surface area contributed by atoms with E-state index < -0.39 is 88.4 Å². The van der Waals surface area contributed by atoms with E-state index in [1.54, 1.807) is 5.32 Å². The van der Waals surface area contributed by atoms with Gasteiger partial charge < -0.3 is 5.32 Å². The molecule has 9 nitrogen and oxygen atoms in total. The summed E-state index contributed by atoms with van der Waals surface area (Å²) in [5.74, 6) is -7.58. The number of sulfonamides is 3. The van der Waals surface area contributed by atoms with E-state index in [0.29, 0.717) is 4.72 Å². The van der Waals surface area contributed by atoms with E-state index in [1.807, 2.05) is 0 Å². The molecule has 0 aliphatic carbocycles. The second-order valence-corrected chi connectivity index (χ2v) is 11.1. The van der Waals surface area contributed by atoms with Gasteiger partial charge in [-0.3, -0.25) is 0 Å². The Morgan fingerprint density at radius 2 is 0.970 bits per heavy atom. The number of alkyl halides is 12. The van der Waals surface area contributed by atoms with Crippen LogP contribution in [0, 0.1) is 0 Å². The van der Waals surface area contributed by atoms with Crippen LogP contribution < -0.4 is 14.2 Å². The highest BCUT2D eigenvalue weighted by molar-refractivity contribution is 8.05. The van der Waals surface area contributed by atoms with Crippen molar-refractivity contribution in [1.82, 2.24) is 14.2 Å². The van der Waals surface area contributed by atoms with Crippen LogP contribution in [0.25, 0.3) is 0 Å². The fourth-order valence-electron chi connectivity index (χ4n) is 1.47. The number of nitrogens with one attached hydrogen (secondary N) is 3. The predicted molar refractivity (Wildman–Crippen MR) is 82.3 cm³/mol. The maximum Gasteiger partial charge on any atom is 0.512 e. The average Bonchev–Trinajstić information content (AvgIpc) is 2.54. The largest absolute Gasteiger partial charge is 0.512 e. The summed E-state index contributed by atoms with van der Waals surface area (Å²) in [4.78, 5) is 0.